The van der Waals surface area contributed by atoms with Gasteiger partial charge in [0.15, 0.2) is 11.6 Å². The fourth-order valence-corrected chi connectivity index (χ4v) is 2.73. The SMILES string of the molecule is N/C(=C\N(N)c1ccc(OC(F)(F)F)c(F)c1)CSc1ccnc(C(F)(F)F)c1. The highest BCUT2D eigenvalue weighted by Gasteiger charge is 2.33. The molecular formula is C16H13F7N4OS. The Labute approximate surface area is 164 Å². The molecule has 0 aliphatic heterocycles. The third-order valence-electron chi connectivity index (χ3n) is 3.17. The molecule has 13 heteroatoms. The van der Waals surface area contributed by atoms with Gasteiger partial charge in [0.05, 0.1) is 5.69 Å². The van der Waals surface area contributed by atoms with Crippen molar-refractivity contribution in [2.24, 2.45) is 11.6 Å². The Balaban J connectivity index is 2.03. The number of thioether (sulfide) groups is 1. The van der Waals surface area contributed by atoms with Crippen LogP contribution in [0.15, 0.2) is 53.3 Å². The van der Waals surface area contributed by atoms with Crippen LogP contribution in [0.3, 0.4) is 0 Å². The zero-order valence-electron chi connectivity index (χ0n) is 14.3. The molecule has 158 valence electrons. The summed E-state index contributed by atoms with van der Waals surface area (Å²) in [6.45, 7) is 0. The Morgan fingerprint density at radius 1 is 1.14 bits per heavy atom. The standard InChI is InChI=1S/C16H13F7N4OS/c17-12-5-10(1-2-13(12)28-16(21,22)23)27(25)7-9(24)8-29-11-3-4-26-14(6-11)15(18,19)20/h1-7H,8,24-25H2/b9-7-. The van der Waals surface area contributed by atoms with Crippen molar-refractivity contribution in [1.29, 1.82) is 0 Å². The van der Waals surface area contributed by atoms with E-state index in [0.717, 1.165) is 47.4 Å². The molecule has 5 nitrogen and oxygen atoms in total. The first kappa shape index (κ1) is 22.6. The average molecular weight is 442 g/mol. The fraction of sp³-hybridized carbons (Fsp3) is 0.188. The third-order valence-corrected chi connectivity index (χ3v) is 4.24. The van der Waals surface area contributed by atoms with Crippen molar-refractivity contribution < 1.29 is 35.5 Å². The number of nitrogens with zero attached hydrogens (tertiary/aromatic N) is 2. The van der Waals surface area contributed by atoms with Gasteiger partial charge in [0.1, 0.15) is 5.69 Å². The number of anilines is 1. The van der Waals surface area contributed by atoms with E-state index in [1.165, 1.54) is 6.07 Å². The maximum Gasteiger partial charge on any atom is 0.573 e. The molecule has 0 aliphatic rings. The lowest BCUT2D eigenvalue weighted by atomic mass is 10.3. The summed E-state index contributed by atoms with van der Waals surface area (Å²) in [5, 5.41) is 0.851. The van der Waals surface area contributed by atoms with Gasteiger partial charge in [-0.25, -0.2) is 10.2 Å². The van der Waals surface area contributed by atoms with Gasteiger partial charge in [-0.2, -0.15) is 13.2 Å². The normalized spacial score (nSPS) is 12.8. The van der Waals surface area contributed by atoms with Gasteiger partial charge in [-0.3, -0.25) is 9.99 Å². The number of benzene rings is 1. The number of rotatable bonds is 6. The summed E-state index contributed by atoms with van der Waals surface area (Å²) in [5.41, 5.74) is 4.77. The van der Waals surface area contributed by atoms with Gasteiger partial charge < -0.3 is 10.5 Å². The second-order valence-electron chi connectivity index (χ2n) is 5.44. The van der Waals surface area contributed by atoms with Crippen LogP contribution >= 0.6 is 11.8 Å². The van der Waals surface area contributed by atoms with E-state index in [2.05, 4.69) is 9.72 Å². The molecule has 0 atom stereocenters. The largest absolute Gasteiger partial charge is 0.573 e. The lowest BCUT2D eigenvalue weighted by Crippen LogP contribution is -2.26. The molecule has 1 heterocycles. The van der Waals surface area contributed by atoms with Crippen LogP contribution in [-0.4, -0.2) is 17.1 Å². The lowest BCUT2D eigenvalue weighted by Gasteiger charge is -2.17. The van der Waals surface area contributed by atoms with E-state index >= 15 is 0 Å². The minimum absolute atomic E-state index is 0.0340. The molecule has 4 N–H and O–H groups in total. The average Bonchev–Trinajstić information content (AvgIpc) is 2.60. The highest BCUT2D eigenvalue weighted by Crippen LogP contribution is 2.31. The number of hydrazine groups is 1. The Bertz CT molecular complexity index is 886. The van der Waals surface area contributed by atoms with Crippen LogP contribution in [0.1, 0.15) is 5.69 Å². The van der Waals surface area contributed by atoms with Gasteiger partial charge in [0.2, 0.25) is 0 Å². The number of hydrogen-bond acceptors (Lipinski definition) is 6. The van der Waals surface area contributed by atoms with Gasteiger partial charge in [0, 0.05) is 34.8 Å². The van der Waals surface area contributed by atoms with Crippen molar-refractivity contribution in [1.82, 2.24) is 4.98 Å². The van der Waals surface area contributed by atoms with Crippen LogP contribution in [-0.2, 0) is 6.18 Å². The van der Waals surface area contributed by atoms with Crippen molar-refractivity contribution in [2.75, 3.05) is 10.8 Å². The highest BCUT2D eigenvalue weighted by atomic mass is 32.2. The van der Waals surface area contributed by atoms with Crippen LogP contribution in [0.5, 0.6) is 5.75 Å². The van der Waals surface area contributed by atoms with E-state index in [1.807, 2.05) is 0 Å². The number of halogens is 7. The third kappa shape index (κ3) is 7.02. The number of alkyl halides is 6. The van der Waals surface area contributed by atoms with Crippen molar-refractivity contribution in [3.63, 3.8) is 0 Å². The number of aromatic nitrogens is 1. The molecule has 29 heavy (non-hydrogen) atoms. The first-order chi connectivity index (χ1) is 13.3. The number of ether oxygens (including phenoxy) is 1. The fourth-order valence-electron chi connectivity index (χ4n) is 1.97. The van der Waals surface area contributed by atoms with Crippen molar-refractivity contribution >= 4 is 17.4 Å². The zero-order chi connectivity index (χ0) is 21.8. The second kappa shape index (κ2) is 8.78. The van der Waals surface area contributed by atoms with Gasteiger partial charge in [-0.15, -0.1) is 24.9 Å². The smallest absolute Gasteiger partial charge is 0.403 e. The molecule has 0 aliphatic carbocycles. The van der Waals surface area contributed by atoms with Crippen LogP contribution in [0.2, 0.25) is 0 Å². The second-order valence-corrected chi connectivity index (χ2v) is 6.49. The molecule has 1 aromatic heterocycles. The molecule has 0 bridgehead atoms. The molecule has 1 aromatic carbocycles. The molecule has 0 fully saturated rings. The topological polar surface area (TPSA) is 77.4 Å². The molecule has 2 aromatic rings. The molecule has 0 radical (unpaired) electrons. The maximum absolute atomic E-state index is 13.7. The van der Waals surface area contributed by atoms with Crippen LogP contribution in [0.4, 0.5) is 36.4 Å². The van der Waals surface area contributed by atoms with E-state index in [1.54, 1.807) is 0 Å². The summed E-state index contributed by atoms with van der Waals surface area (Å²) in [7, 11) is 0. The first-order valence-corrected chi connectivity index (χ1v) is 8.55. The van der Waals surface area contributed by atoms with Crippen molar-refractivity contribution in [3.8, 4) is 5.75 Å². The summed E-state index contributed by atoms with van der Waals surface area (Å²) in [4.78, 5) is 3.49. The quantitative estimate of drug-likeness (QED) is 0.299. The van der Waals surface area contributed by atoms with E-state index < -0.39 is 29.8 Å². The summed E-state index contributed by atoms with van der Waals surface area (Å²) >= 11 is 0.973. The molecule has 0 spiro atoms. The highest BCUT2D eigenvalue weighted by molar-refractivity contribution is 7.99. The maximum atomic E-state index is 13.7. The predicted octanol–water partition coefficient (Wildman–Crippen LogP) is 4.41. The number of nitrogens with two attached hydrogens (primary N) is 2. The molecule has 0 amide bonds. The summed E-state index contributed by atoms with van der Waals surface area (Å²) in [5.74, 6) is 3.38. The molecule has 2 rings (SSSR count). The summed E-state index contributed by atoms with van der Waals surface area (Å²) in [6.07, 6.45) is -7.48. The zero-order valence-corrected chi connectivity index (χ0v) is 15.1. The van der Waals surface area contributed by atoms with Crippen molar-refractivity contribution in [2.45, 2.75) is 17.4 Å². The molecule has 0 unspecified atom stereocenters. The first-order valence-electron chi connectivity index (χ1n) is 7.56. The van der Waals surface area contributed by atoms with Gasteiger partial charge >= 0.3 is 12.5 Å². The predicted molar refractivity (Wildman–Crippen MR) is 92.0 cm³/mol. The van der Waals surface area contributed by atoms with E-state index in [4.69, 9.17) is 11.6 Å². The number of hydrogen-bond donors (Lipinski definition) is 2. The van der Waals surface area contributed by atoms with E-state index in [0.29, 0.717) is 6.07 Å². The van der Waals surface area contributed by atoms with Gasteiger partial charge in [0.25, 0.3) is 0 Å². The molecular weight excluding hydrogens is 429 g/mol. The summed E-state index contributed by atoms with van der Waals surface area (Å²) in [6, 6.07) is 4.73. The Morgan fingerprint density at radius 3 is 2.41 bits per heavy atom. The van der Waals surface area contributed by atoms with E-state index in [9.17, 15) is 30.7 Å². The Kier molecular flexibility index (Phi) is 6.85. The van der Waals surface area contributed by atoms with Gasteiger partial charge in [-0.1, -0.05) is 0 Å². The Morgan fingerprint density at radius 2 is 1.83 bits per heavy atom. The lowest BCUT2D eigenvalue weighted by molar-refractivity contribution is -0.275. The molecule has 0 saturated carbocycles. The van der Waals surface area contributed by atoms with E-state index in [-0.39, 0.29) is 22.0 Å². The van der Waals surface area contributed by atoms with Crippen LogP contribution < -0.4 is 21.3 Å². The van der Waals surface area contributed by atoms with Crippen molar-refractivity contribution in [3.05, 3.63) is 59.9 Å². The monoisotopic (exact) mass is 442 g/mol. The summed E-state index contributed by atoms with van der Waals surface area (Å²) < 4.78 is 91.6. The number of pyridine rings is 1. The Hall–Kier alpha value is -2.67. The minimum atomic E-state index is -5.05. The van der Waals surface area contributed by atoms with Gasteiger partial charge in [-0.05, 0) is 24.3 Å². The van der Waals surface area contributed by atoms with Crippen LogP contribution in [0, 0.1) is 5.82 Å². The minimum Gasteiger partial charge on any atom is -0.403 e. The van der Waals surface area contributed by atoms with Crippen LogP contribution in [0.25, 0.3) is 0 Å². The molecule has 0 saturated heterocycles.